The van der Waals surface area contributed by atoms with Crippen LogP contribution < -0.4 is 5.32 Å². The maximum absolute atomic E-state index is 5.45. The summed E-state index contributed by atoms with van der Waals surface area (Å²) in [6.45, 7) is 9.13. The van der Waals surface area contributed by atoms with Crippen molar-refractivity contribution in [3.05, 3.63) is 0 Å². The molecule has 2 nitrogen and oxygen atoms in total. The normalized spacial score (nSPS) is 37.9. The van der Waals surface area contributed by atoms with Crippen molar-refractivity contribution in [1.29, 1.82) is 0 Å². The van der Waals surface area contributed by atoms with Crippen LogP contribution in [0.3, 0.4) is 0 Å². The summed E-state index contributed by atoms with van der Waals surface area (Å²) in [4.78, 5) is 0. The van der Waals surface area contributed by atoms with Crippen molar-refractivity contribution in [2.75, 3.05) is 13.2 Å². The van der Waals surface area contributed by atoms with Gasteiger partial charge in [-0.05, 0) is 50.4 Å². The van der Waals surface area contributed by atoms with E-state index in [0.717, 1.165) is 37.0 Å². The van der Waals surface area contributed by atoms with Gasteiger partial charge in [0.15, 0.2) is 0 Å². The highest BCUT2D eigenvalue weighted by Crippen LogP contribution is 2.30. The van der Waals surface area contributed by atoms with Crippen molar-refractivity contribution in [3.63, 3.8) is 0 Å². The van der Waals surface area contributed by atoms with E-state index in [1.54, 1.807) is 0 Å². The van der Waals surface area contributed by atoms with Crippen LogP contribution in [0.2, 0.25) is 0 Å². The van der Waals surface area contributed by atoms with Crippen LogP contribution in [0.5, 0.6) is 0 Å². The van der Waals surface area contributed by atoms with Gasteiger partial charge in [0.05, 0.1) is 0 Å². The molecule has 0 aromatic carbocycles. The fraction of sp³-hybridized carbons (Fsp3) is 1.00. The first-order chi connectivity index (χ1) is 8.16. The Morgan fingerprint density at radius 2 is 1.76 bits per heavy atom. The first-order valence-electron chi connectivity index (χ1n) is 7.50. The second-order valence-corrected chi connectivity index (χ2v) is 6.41. The smallest absolute Gasteiger partial charge is 0.0469 e. The Morgan fingerprint density at radius 3 is 2.47 bits per heavy atom. The highest BCUT2D eigenvalue weighted by atomic mass is 16.5. The van der Waals surface area contributed by atoms with Crippen LogP contribution in [-0.4, -0.2) is 25.3 Å². The Labute approximate surface area is 107 Å². The monoisotopic (exact) mass is 239 g/mol. The largest absolute Gasteiger partial charge is 0.381 e. The molecule has 2 heteroatoms. The number of rotatable bonds is 3. The van der Waals surface area contributed by atoms with Gasteiger partial charge in [-0.3, -0.25) is 0 Å². The molecule has 4 unspecified atom stereocenters. The van der Waals surface area contributed by atoms with E-state index in [4.69, 9.17) is 4.74 Å². The predicted octanol–water partition coefficient (Wildman–Crippen LogP) is 3.22. The first-order valence-corrected chi connectivity index (χ1v) is 7.50. The standard InChI is InChI=1S/C15H29NO/c1-11-4-5-12(2)15(10-11)16-13(3)14-6-8-17-9-7-14/h11-16H,4-10H2,1-3H3. The van der Waals surface area contributed by atoms with Gasteiger partial charge in [0.2, 0.25) is 0 Å². The number of ether oxygens (including phenoxy) is 1. The molecule has 1 aliphatic carbocycles. The summed E-state index contributed by atoms with van der Waals surface area (Å²) in [5.74, 6) is 2.59. The molecule has 0 amide bonds. The lowest BCUT2D eigenvalue weighted by molar-refractivity contribution is 0.0512. The summed E-state index contributed by atoms with van der Waals surface area (Å²) in [6, 6.07) is 1.41. The molecule has 1 N–H and O–H groups in total. The van der Waals surface area contributed by atoms with Crippen LogP contribution in [0.15, 0.2) is 0 Å². The maximum Gasteiger partial charge on any atom is 0.0469 e. The average molecular weight is 239 g/mol. The van der Waals surface area contributed by atoms with Gasteiger partial charge in [0.25, 0.3) is 0 Å². The minimum absolute atomic E-state index is 0.664. The van der Waals surface area contributed by atoms with Crippen LogP contribution in [0.25, 0.3) is 0 Å². The van der Waals surface area contributed by atoms with Gasteiger partial charge in [0.1, 0.15) is 0 Å². The highest BCUT2D eigenvalue weighted by Gasteiger charge is 2.29. The van der Waals surface area contributed by atoms with E-state index in [-0.39, 0.29) is 0 Å². The summed E-state index contributed by atoms with van der Waals surface area (Å²) in [6.07, 6.45) is 6.68. The lowest BCUT2D eigenvalue weighted by Gasteiger charge is -2.38. The van der Waals surface area contributed by atoms with Crippen LogP contribution in [0.4, 0.5) is 0 Å². The lowest BCUT2D eigenvalue weighted by Crippen LogP contribution is -2.47. The second-order valence-electron chi connectivity index (χ2n) is 6.41. The van der Waals surface area contributed by atoms with Gasteiger partial charge >= 0.3 is 0 Å². The Balaban J connectivity index is 1.81. The van der Waals surface area contributed by atoms with Crippen LogP contribution >= 0.6 is 0 Å². The maximum atomic E-state index is 5.45. The zero-order valence-corrected chi connectivity index (χ0v) is 11.7. The molecule has 1 saturated heterocycles. The van der Waals surface area contributed by atoms with Gasteiger partial charge in [-0.25, -0.2) is 0 Å². The molecule has 17 heavy (non-hydrogen) atoms. The van der Waals surface area contributed by atoms with Gasteiger partial charge < -0.3 is 10.1 Å². The van der Waals surface area contributed by atoms with Gasteiger partial charge in [-0.1, -0.05) is 20.3 Å². The van der Waals surface area contributed by atoms with Gasteiger partial charge in [0, 0.05) is 25.3 Å². The van der Waals surface area contributed by atoms with Crippen LogP contribution in [-0.2, 0) is 4.74 Å². The van der Waals surface area contributed by atoms with E-state index in [2.05, 4.69) is 26.1 Å². The minimum atomic E-state index is 0.664. The molecule has 100 valence electrons. The van der Waals surface area contributed by atoms with E-state index in [1.807, 2.05) is 0 Å². The molecular weight excluding hydrogens is 210 g/mol. The second kappa shape index (κ2) is 6.19. The van der Waals surface area contributed by atoms with E-state index < -0.39 is 0 Å². The van der Waals surface area contributed by atoms with E-state index in [1.165, 1.54) is 32.1 Å². The third kappa shape index (κ3) is 3.69. The molecule has 1 saturated carbocycles. The predicted molar refractivity (Wildman–Crippen MR) is 72.1 cm³/mol. The molecule has 0 aromatic heterocycles. The molecule has 0 spiro atoms. The fourth-order valence-electron chi connectivity index (χ4n) is 3.45. The third-order valence-corrected chi connectivity index (χ3v) is 4.91. The van der Waals surface area contributed by atoms with E-state index >= 15 is 0 Å². The van der Waals surface area contributed by atoms with Crippen molar-refractivity contribution in [3.8, 4) is 0 Å². The first kappa shape index (κ1) is 13.4. The molecule has 2 aliphatic rings. The Hall–Kier alpha value is -0.0800. The number of hydrogen-bond donors (Lipinski definition) is 1. The summed E-state index contributed by atoms with van der Waals surface area (Å²) >= 11 is 0. The molecule has 2 rings (SSSR count). The molecule has 0 aromatic rings. The quantitative estimate of drug-likeness (QED) is 0.816. The van der Waals surface area contributed by atoms with E-state index in [0.29, 0.717) is 6.04 Å². The summed E-state index contributed by atoms with van der Waals surface area (Å²) in [5, 5.41) is 3.91. The molecule has 4 atom stereocenters. The van der Waals surface area contributed by atoms with Crippen LogP contribution in [0.1, 0.15) is 52.9 Å². The van der Waals surface area contributed by atoms with E-state index in [9.17, 15) is 0 Å². The fourth-order valence-corrected chi connectivity index (χ4v) is 3.45. The van der Waals surface area contributed by atoms with Gasteiger partial charge in [-0.2, -0.15) is 0 Å². The molecule has 1 heterocycles. The average Bonchev–Trinajstić information content (AvgIpc) is 2.35. The SMILES string of the molecule is CC1CCC(C)C(NC(C)C2CCOCC2)C1. The van der Waals surface area contributed by atoms with Crippen molar-refractivity contribution in [2.45, 2.75) is 65.0 Å². The Kier molecular flexibility index (Phi) is 4.87. The highest BCUT2D eigenvalue weighted by molar-refractivity contribution is 4.85. The molecule has 0 radical (unpaired) electrons. The topological polar surface area (TPSA) is 21.3 Å². The zero-order valence-electron chi connectivity index (χ0n) is 11.7. The molecule has 2 fully saturated rings. The zero-order chi connectivity index (χ0) is 12.3. The van der Waals surface area contributed by atoms with Crippen molar-refractivity contribution in [2.24, 2.45) is 17.8 Å². The molecule has 1 aliphatic heterocycles. The summed E-state index contributed by atoms with van der Waals surface area (Å²) in [7, 11) is 0. The lowest BCUT2D eigenvalue weighted by atomic mass is 9.79. The summed E-state index contributed by atoms with van der Waals surface area (Å²) < 4.78 is 5.45. The molecule has 0 bridgehead atoms. The van der Waals surface area contributed by atoms with Gasteiger partial charge in [-0.15, -0.1) is 0 Å². The summed E-state index contributed by atoms with van der Waals surface area (Å²) in [5.41, 5.74) is 0. The third-order valence-electron chi connectivity index (χ3n) is 4.91. The van der Waals surface area contributed by atoms with Crippen LogP contribution in [0, 0.1) is 17.8 Å². The van der Waals surface area contributed by atoms with Crippen molar-refractivity contribution < 1.29 is 4.74 Å². The Bertz CT molecular complexity index is 225. The minimum Gasteiger partial charge on any atom is -0.381 e. The number of hydrogen-bond acceptors (Lipinski definition) is 2. The van der Waals surface area contributed by atoms with Crippen molar-refractivity contribution in [1.82, 2.24) is 5.32 Å². The van der Waals surface area contributed by atoms with Crippen molar-refractivity contribution >= 4 is 0 Å². The Morgan fingerprint density at radius 1 is 1.06 bits per heavy atom. The molecular formula is C15H29NO. The number of nitrogens with one attached hydrogen (secondary N) is 1.